The molecule has 2 heterocycles. The number of hydrogen-bond acceptors (Lipinski definition) is 4. The molecule has 0 atom stereocenters. The van der Waals surface area contributed by atoms with E-state index >= 15 is 0 Å². The lowest BCUT2D eigenvalue weighted by molar-refractivity contribution is 0.0903. The minimum atomic E-state index is 0.427. The van der Waals surface area contributed by atoms with E-state index in [0.29, 0.717) is 12.0 Å². The van der Waals surface area contributed by atoms with Gasteiger partial charge in [-0.3, -0.25) is 0 Å². The van der Waals surface area contributed by atoms with Crippen molar-refractivity contribution < 1.29 is 4.74 Å². The molecule has 0 unspecified atom stereocenters. The van der Waals surface area contributed by atoms with Gasteiger partial charge in [-0.1, -0.05) is 30.3 Å². The highest BCUT2D eigenvalue weighted by molar-refractivity contribution is 5.61. The van der Waals surface area contributed by atoms with Crippen LogP contribution in [0.5, 0.6) is 0 Å². The number of nitrogens with zero attached hydrogens (tertiary/aromatic N) is 2. The second-order valence-electron chi connectivity index (χ2n) is 4.69. The maximum Gasteiger partial charge on any atom is 0.222 e. The quantitative estimate of drug-likeness (QED) is 0.916. The summed E-state index contributed by atoms with van der Waals surface area (Å²) in [6, 6.07) is 10.6. The van der Waals surface area contributed by atoms with Crippen LogP contribution in [0.15, 0.2) is 42.7 Å². The van der Waals surface area contributed by atoms with Gasteiger partial charge in [-0.2, -0.15) is 0 Å². The van der Waals surface area contributed by atoms with Gasteiger partial charge in [0.15, 0.2) is 0 Å². The zero-order valence-electron chi connectivity index (χ0n) is 10.7. The van der Waals surface area contributed by atoms with Crippen LogP contribution in [0.3, 0.4) is 0 Å². The van der Waals surface area contributed by atoms with Crippen LogP contribution in [0, 0.1) is 0 Å². The van der Waals surface area contributed by atoms with Gasteiger partial charge in [0.05, 0.1) is 0 Å². The molecular formula is C15H17N3O. The van der Waals surface area contributed by atoms with Gasteiger partial charge >= 0.3 is 0 Å². The number of aromatic nitrogens is 2. The standard InChI is InChI=1S/C15H17N3O/c1-2-4-12(5-3-1)13-10-16-15(17-11-13)18-14-6-8-19-9-7-14/h1-5,10-11,14H,6-9H2,(H,16,17,18). The first-order valence-electron chi connectivity index (χ1n) is 6.63. The van der Waals surface area contributed by atoms with Crippen molar-refractivity contribution >= 4 is 5.95 Å². The van der Waals surface area contributed by atoms with Crippen LogP contribution >= 0.6 is 0 Å². The minimum Gasteiger partial charge on any atom is -0.381 e. The Balaban J connectivity index is 1.68. The van der Waals surface area contributed by atoms with Crippen molar-refractivity contribution in [1.29, 1.82) is 0 Å². The highest BCUT2D eigenvalue weighted by Gasteiger charge is 2.14. The summed E-state index contributed by atoms with van der Waals surface area (Å²) in [6.07, 6.45) is 5.77. The zero-order valence-corrected chi connectivity index (χ0v) is 10.7. The molecule has 0 bridgehead atoms. The fourth-order valence-electron chi connectivity index (χ4n) is 2.21. The van der Waals surface area contributed by atoms with E-state index in [4.69, 9.17) is 4.74 Å². The van der Waals surface area contributed by atoms with E-state index in [1.807, 2.05) is 30.6 Å². The molecule has 0 amide bonds. The lowest BCUT2D eigenvalue weighted by Gasteiger charge is -2.22. The summed E-state index contributed by atoms with van der Waals surface area (Å²) in [6.45, 7) is 1.64. The molecule has 0 spiro atoms. The Kier molecular flexibility index (Phi) is 3.70. The molecule has 0 aliphatic carbocycles. The van der Waals surface area contributed by atoms with Gasteiger partial charge in [0.1, 0.15) is 0 Å². The number of anilines is 1. The largest absolute Gasteiger partial charge is 0.381 e. The van der Waals surface area contributed by atoms with E-state index in [1.165, 1.54) is 0 Å². The van der Waals surface area contributed by atoms with Crippen molar-refractivity contribution in [2.45, 2.75) is 18.9 Å². The second-order valence-corrected chi connectivity index (χ2v) is 4.69. The van der Waals surface area contributed by atoms with Crippen LogP contribution in [-0.4, -0.2) is 29.2 Å². The first kappa shape index (κ1) is 12.1. The van der Waals surface area contributed by atoms with Crippen LogP contribution in [0.25, 0.3) is 11.1 Å². The Bertz CT molecular complexity index is 507. The van der Waals surface area contributed by atoms with Crippen molar-refractivity contribution in [3.8, 4) is 11.1 Å². The van der Waals surface area contributed by atoms with E-state index in [9.17, 15) is 0 Å². The van der Waals surface area contributed by atoms with Gasteiger partial charge < -0.3 is 10.1 Å². The predicted molar refractivity (Wildman–Crippen MR) is 74.9 cm³/mol. The fourth-order valence-corrected chi connectivity index (χ4v) is 2.21. The van der Waals surface area contributed by atoms with Gasteiger partial charge in [0.25, 0.3) is 0 Å². The maximum atomic E-state index is 5.33. The molecule has 1 aliphatic rings. The number of ether oxygens (including phenoxy) is 1. The van der Waals surface area contributed by atoms with Crippen LogP contribution in [0.2, 0.25) is 0 Å². The third-order valence-electron chi connectivity index (χ3n) is 3.31. The first-order valence-corrected chi connectivity index (χ1v) is 6.63. The molecular weight excluding hydrogens is 238 g/mol. The summed E-state index contributed by atoms with van der Waals surface area (Å²) < 4.78 is 5.33. The second kappa shape index (κ2) is 5.80. The molecule has 2 aromatic rings. The molecule has 4 nitrogen and oxygen atoms in total. The molecule has 3 rings (SSSR count). The molecule has 98 valence electrons. The van der Waals surface area contributed by atoms with Crippen LogP contribution in [0.4, 0.5) is 5.95 Å². The molecule has 4 heteroatoms. The predicted octanol–water partition coefficient (Wildman–Crippen LogP) is 2.73. The monoisotopic (exact) mass is 255 g/mol. The molecule has 1 aromatic heterocycles. The van der Waals surface area contributed by atoms with Crippen molar-refractivity contribution in [1.82, 2.24) is 9.97 Å². The lowest BCUT2D eigenvalue weighted by atomic mass is 10.1. The Hall–Kier alpha value is -1.94. The summed E-state index contributed by atoms with van der Waals surface area (Å²) in [5, 5.41) is 3.36. The van der Waals surface area contributed by atoms with Gasteiger partial charge in [-0.25, -0.2) is 9.97 Å². The number of hydrogen-bond donors (Lipinski definition) is 1. The highest BCUT2D eigenvalue weighted by atomic mass is 16.5. The van der Waals surface area contributed by atoms with Gasteiger partial charge in [-0.15, -0.1) is 0 Å². The van der Waals surface area contributed by atoms with Crippen molar-refractivity contribution in [3.05, 3.63) is 42.7 Å². The summed E-state index contributed by atoms with van der Waals surface area (Å²) in [5.74, 6) is 0.701. The summed E-state index contributed by atoms with van der Waals surface area (Å²) in [7, 11) is 0. The van der Waals surface area contributed by atoms with Crippen molar-refractivity contribution in [2.75, 3.05) is 18.5 Å². The Labute approximate surface area is 112 Å². The van der Waals surface area contributed by atoms with E-state index in [1.54, 1.807) is 0 Å². The molecule has 19 heavy (non-hydrogen) atoms. The average molecular weight is 255 g/mol. The smallest absolute Gasteiger partial charge is 0.222 e. The third-order valence-corrected chi connectivity index (χ3v) is 3.31. The van der Waals surface area contributed by atoms with Crippen LogP contribution in [-0.2, 0) is 4.74 Å². The van der Waals surface area contributed by atoms with Gasteiger partial charge in [-0.05, 0) is 18.4 Å². The van der Waals surface area contributed by atoms with Gasteiger partial charge in [0.2, 0.25) is 5.95 Å². The molecule has 0 saturated carbocycles. The van der Waals surface area contributed by atoms with E-state index in [-0.39, 0.29) is 0 Å². The summed E-state index contributed by atoms with van der Waals surface area (Å²) >= 11 is 0. The number of benzene rings is 1. The molecule has 1 aromatic carbocycles. The fraction of sp³-hybridized carbons (Fsp3) is 0.333. The Morgan fingerprint density at radius 3 is 2.32 bits per heavy atom. The number of nitrogens with one attached hydrogen (secondary N) is 1. The minimum absolute atomic E-state index is 0.427. The van der Waals surface area contributed by atoms with Crippen molar-refractivity contribution in [3.63, 3.8) is 0 Å². The zero-order chi connectivity index (χ0) is 12.9. The van der Waals surface area contributed by atoms with Crippen LogP contribution in [0.1, 0.15) is 12.8 Å². The topological polar surface area (TPSA) is 47.0 Å². The Morgan fingerprint density at radius 1 is 0.947 bits per heavy atom. The molecule has 1 fully saturated rings. The molecule has 1 N–H and O–H groups in total. The molecule has 1 saturated heterocycles. The average Bonchev–Trinajstić information content (AvgIpc) is 2.50. The summed E-state index contributed by atoms with van der Waals surface area (Å²) in [5.41, 5.74) is 2.18. The number of rotatable bonds is 3. The third kappa shape index (κ3) is 3.09. The van der Waals surface area contributed by atoms with E-state index < -0.39 is 0 Å². The van der Waals surface area contributed by atoms with Gasteiger partial charge in [0, 0.05) is 37.2 Å². The van der Waals surface area contributed by atoms with E-state index in [2.05, 4.69) is 27.4 Å². The SMILES string of the molecule is c1ccc(-c2cnc(NC3CCOCC3)nc2)cc1. The highest BCUT2D eigenvalue weighted by Crippen LogP contribution is 2.18. The normalized spacial score (nSPS) is 16.2. The maximum absolute atomic E-state index is 5.33. The first-order chi connectivity index (χ1) is 9.42. The van der Waals surface area contributed by atoms with Crippen LogP contribution < -0.4 is 5.32 Å². The van der Waals surface area contributed by atoms with E-state index in [0.717, 1.165) is 37.2 Å². The Morgan fingerprint density at radius 2 is 1.63 bits per heavy atom. The summed E-state index contributed by atoms with van der Waals surface area (Å²) in [4.78, 5) is 8.77. The molecule has 1 aliphatic heterocycles. The van der Waals surface area contributed by atoms with Crippen molar-refractivity contribution in [2.24, 2.45) is 0 Å². The lowest BCUT2D eigenvalue weighted by Crippen LogP contribution is -2.28. The molecule has 0 radical (unpaired) electrons.